The average Bonchev–Trinajstić information content (AvgIpc) is 3.04. The smallest absolute Gasteiger partial charge is 0.333 e. The molecule has 0 bridgehead atoms. The Morgan fingerprint density at radius 1 is 1.00 bits per heavy atom. The van der Waals surface area contributed by atoms with Crippen molar-refractivity contribution in [2.24, 2.45) is 0 Å². The first kappa shape index (κ1) is 18.3. The number of anilines is 1. The molecule has 0 saturated carbocycles. The zero-order chi connectivity index (χ0) is 19.2. The van der Waals surface area contributed by atoms with Gasteiger partial charge in [0.05, 0.1) is 19.4 Å². The second-order valence-electron chi connectivity index (χ2n) is 5.78. The minimum absolute atomic E-state index is 0.0742. The molecular weight excluding hydrogens is 346 g/mol. The van der Waals surface area contributed by atoms with E-state index in [1.807, 2.05) is 6.92 Å². The number of aromatic nitrogens is 2. The van der Waals surface area contributed by atoms with Gasteiger partial charge in [0.25, 0.3) is 0 Å². The maximum absolute atomic E-state index is 12.5. The topological polar surface area (TPSA) is 74.5 Å². The van der Waals surface area contributed by atoms with Gasteiger partial charge >= 0.3 is 5.69 Å². The van der Waals surface area contributed by atoms with Crippen LogP contribution in [0.1, 0.15) is 6.92 Å². The summed E-state index contributed by atoms with van der Waals surface area (Å²) in [6.07, 6.45) is 3.22. The summed E-state index contributed by atoms with van der Waals surface area (Å²) in [5.74, 6) is 1.16. The molecule has 0 radical (unpaired) electrons. The summed E-state index contributed by atoms with van der Waals surface area (Å²) in [6.45, 7) is 2.42. The van der Waals surface area contributed by atoms with Gasteiger partial charge < -0.3 is 14.8 Å². The van der Waals surface area contributed by atoms with E-state index in [9.17, 15) is 9.59 Å². The molecule has 2 aromatic carbocycles. The number of rotatable bonds is 7. The highest BCUT2D eigenvalue weighted by Gasteiger charge is 2.10. The molecule has 0 spiro atoms. The molecule has 0 saturated heterocycles. The molecule has 3 rings (SSSR count). The van der Waals surface area contributed by atoms with E-state index < -0.39 is 0 Å². The van der Waals surface area contributed by atoms with Crippen LogP contribution >= 0.6 is 0 Å². The Hall–Kier alpha value is -3.48. The van der Waals surface area contributed by atoms with Gasteiger partial charge in [0.1, 0.15) is 18.0 Å². The highest BCUT2D eigenvalue weighted by atomic mass is 16.5. The lowest BCUT2D eigenvalue weighted by Gasteiger charge is -2.07. The molecule has 0 atom stereocenters. The Labute approximate surface area is 156 Å². The summed E-state index contributed by atoms with van der Waals surface area (Å²) < 4.78 is 13.3. The Morgan fingerprint density at radius 2 is 1.67 bits per heavy atom. The van der Waals surface area contributed by atoms with E-state index in [0.29, 0.717) is 23.7 Å². The van der Waals surface area contributed by atoms with Crippen molar-refractivity contribution in [1.82, 2.24) is 9.13 Å². The number of amides is 1. The third-order valence-electron chi connectivity index (χ3n) is 3.96. The lowest BCUT2D eigenvalue weighted by molar-refractivity contribution is -0.116. The van der Waals surface area contributed by atoms with Crippen LogP contribution in [0, 0.1) is 0 Å². The molecule has 27 heavy (non-hydrogen) atoms. The van der Waals surface area contributed by atoms with E-state index in [0.717, 1.165) is 5.75 Å². The van der Waals surface area contributed by atoms with Crippen LogP contribution in [0.3, 0.4) is 0 Å². The van der Waals surface area contributed by atoms with Gasteiger partial charge in [-0.3, -0.25) is 13.9 Å². The summed E-state index contributed by atoms with van der Waals surface area (Å²) in [7, 11) is 1.58. The monoisotopic (exact) mass is 367 g/mol. The summed E-state index contributed by atoms with van der Waals surface area (Å²) in [4.78, 5) is 24.8. The van der Waals surface area contributed by atoms with Crippen molar-refractivity contribution in [2.75, 3.05) is 19.0 Å². The van der Waals surface area contributed by atoms with Gasteiger partial charge in [-0.25, -0.2) is 4.79 Å². The van der Waals surface area contributed by atoms with Crippen LogP contribution in [-0.4, -0.2) is 28.8 Å². The zero-order valence-corrected chi connectivity index (χ0v) is 15.2. The van der Waals surface area contributed by atoms with E-state index in [4.69, 9.17) is 9.47 Å². The van der Waals surface area contributed by atoms with Crippen molar-refractivity contribution in [1.29, 1.82) is 0 Å². The van der Waals surface area contributed by atoms with Crippen LogP contribution in [-0.2, 0) is 11.3 Å². The highest BCUT2D eigenvalue weighted by molar-refractivity contribution is 5.90. The number of carbonyl (C=O) groups is 1. The molecule has 7 nitrogen and oxygen atoms in total. The number of ether oxygens (including phenoxy) is 2. The van der Waals surface area contributed by atoms with E-state index in [1.54, 1.807) is 68.0 Å². The average molecular weight is 367 g/mol. The second-order valence-corrected chi connectivity index (χ2v) is 5.78. The van der Waals surface area contributed by atoms with Crippen LogP contribution in [0.15, 0.2) is 65.7 Å². The normalized spacial score (nSPS) is 10.4. The Bertz CT molecular complexity index is 956. The first-order valence-corrected chi connectivity index (χ1v) is 8.55. The van der Waals surface area contributed by atoms with Crippen LogP contribution in [0.2, 0.25) is 0 Å². The lowest BCUT2D eigenvalue weighted by atomic mass is 10.3. The van der Waals surface area contributed by atoms with E-state index in [-0.39, 0.29) is 18.1 Å². The molecule has 3 aromatic rings. The van der Waals surface area contributed by atoms with Crippen LogP contribution in [0.5, 0.6) is 11.5 Å². The fourth-order valence-corrected chi connectivity index (χ4v) is 2.63. The maximum atomic E-state index is 12.5. The van der Waals surface area contributed by atoms with Gasteiger partial charge in [-0.2, -0.15) is 0 Å². The van der Waals surface area contributed by atoms with E-state index in [1.165, 1.54) is 9.13 Å². The Balaban J connectivity index is 1.67. The van der Waals surface area contributed by atoms with Gasteiger partial charge in [-0.05, 0) is 55.5 Å². The van der Waals surface area contributed by atoms with Crippen LogP contribution < -0.4 is 20.5 Å². The molecule has 1 aromatic heterocycles. The van der Waals surface area contributed by atoms with Crippen molar-refractivity contribution >= 4 is 11.6 Å². The molecule has 0 unspecified atom stereocenters. The third-order valence-corrected chi connectivity index (χ3v) is 3.96. The molecule has 1 heterocycles. The van der Waals surface area contributed by atoms with E-state index >= 15 is 0 Å². The lowest BCUT2D eigenvalue weighted by Crippen LogP contribution is -2.28. The minimum Gasteiger partial charge on any atom is -0.497 e. The van der Waals surface area contributed by atoms with Crippen molar-refractivity contribution in [3.05, 3.63) is 71.4 Å². The van der Waals surface area contributed by atoms with Gasteiger partial charge in [0, 0.05) is 18.1 Å². The largest absolute Gasteiger partial charge is 0.497 e. The molecule has 0 aliphatic heterocycles. The Morgan fingerprint density at radius 3 is 2.30 bits per heavy atom. The minimum atomic E-state index is -0.290. The van der Waals surface area contributed by atoms with Crippen molar-refractivity contribution in [3.8, 4) is 17.2 Å². The third kappa shape index (κ3) is 4.38. The number of methoxy groups -OCH3 is 1. The van der Waals surface area contributed by atoms with Crippen LogP contribution in [0.25, 0.3) is 5.69 Å². The summed E-state index contributed by atoms with van der Waals surface area (Å²) in [5, 5.41) is 2.77. The highest BCUT2D eigenvalue weighted by Crippen LogP contribution is 2.16. The molecule has 0 fully saturated rings. The van der Waals surface area contributed by atoms with Crippen molar-refractivity contribution < 1.29 is 14.3 Å². The molecule has 140 valence electrons. The quantitative estimate of drug-likeness (QED) is 0.697. The number of nitrogens with one attached hydrogen (secondary N) is 1. The van der Waals surface area contributed by atoms with Gasteiger partial charge in [0.15, 0.2) is 0 Å². The predicted molar refractivity (Wildman–Crippen MR) is 103 cm³/mol. The number of nitrogens with zero attached hydrogens (tertiary/aromatic N) is 2. The number of hydrogen-bond donors (Lipinski definition) is 1. The summed E-state index contributed by atoms with van der Waals surface area (Å²) in [6, 6.07) is 14.2. The first-order valence-electron chi connectivity index (χ1n) is 8.55. The van der Waals surface area contributed by atoms with E-state index in [2.05, 4.69) is 5.32 Å². The molecule has 0 aliphatic carbocycles. The number of carbonyl (C=O) groups excluding carboxylic acids is 1. The summed E-state index contributed by atoms with van der Waals surface area (Å²) >= 11 is 0. The number of imidazole rings is 1. The predicted octanol–water partition coefficient (Wildman–Crippen LogP) is 2.69. The molecule has 1 N–H and O–H groups in total. The van der Waals surface area contributed by atoms with Crippen LogP contribution in [0.4, 0.5) is 5.69 Å². The molecule has 1 amide bonds. The Kier molecular flexibility index (Phi) is 5.61. The second kappa shape index (κ2) is 8.27. The number of hydrogen-bond acceptors (Lipinski definition) is 4. The zero-order valence-electron chi connectivity index (χ0n) is 15.2. The maximum Gasteiger partial charge on any atom is 0.333 e. The number of benzene rings is 2. The van der Waals surface area contributed by atoms with Gasteiger partial charge in [-0.1, -0.05) is 0 Å². The summed E-state index contributed by atoms with van der Waals surface area (Å²) in [5.41, 5.74) is 1.06. The fourth-order valence-electron chi connectivity index (χ4n) is 2.63. The van der Waals surface area contributed by atoms with Crippen molar-refractivity contribution in [3.63, 3.8) is 0 Å². The van der Waals surface area contributed by atoms with Gasteiger partial charge in [-0.15, -0.1) is 0 Å². The standard InChI is InChI=1S/C20H21N3O4/c1-3-27-18-8-4-15(5-9-18)21-19(24)14-22-12-13-23(20(22)25)16-6-10-17(26-2)11-7-16/h4-13H,3,14H2,1-2H3,(H,21,24). The SMILES string of the molecule is CCOc1ccc(NC(=O)Cn2ccn(-c3ccc(OC)cc3)c2=O)cc1. The fraction of sp³-hybridized carbons (Fsp3) is 0.200. The van der Waals surface area contributed by atoms with Gasteiger partial charge in [0.2, 0.25) is 5.91 Å². The molecule has 0 aliphatic rings. The molecule has 7 heteroatoms. The first-order chi connectivity index (χ1) is 13.1. The van der Waals surface area contributed by atoms with Crippen molar-refractivity contribution in [2.45, 2.75) is 13.5 Å². The molecular formula is C20H21N3O4.